The lowest BCUT2D eigenvalue weighted by Crippen LogP contribution is -2.22. The number of nitrogens with two attached hydrogens (primary N) is 1. The molecular formula is C11H10ClN3OS. The summed E-state index contributed by atoms with van der Waals surface area (Å²) < 4.78 is 0. The van der Waals surface area contributed by atoms with Crippen molar-refractivity contribution in [2.24, 2.45) is 0 Å². The summed E-state index contributed by atoms with van der Waals surface area (Å²) in [7, 11) is 0. The Balaban J connectivity index is 2.02. The van der Waals surface area contributed by atoms with Crippen LogP contribution in [0.15, 0.2) is 29.9 Å². The molecule has 1 amide bonds. The molecule has 1 aromatic carbocycles. The first-order valence-corrected chi connectivity index (χ1v) is 6.13. The SMILES string of the molecule is Nc1ccc(C(=O)NCc2cncs2)cc1Cl. The molecule has 0 bridgehead atoms. The maximum absolute atomic E-state index is 11.8. The van der Waals surface area contributed by atoms with Crippen LogP contribution in [-0.2, 0) is 6.54 Å². The quantitative estimate of drug-likeness (QED) is 0.839. The van der Waals surface area contributed by atoms with Crippen molar-refractivity contribution in [1.82, 2.24) is 10.3 Å². The van der Waals surface area contributed by atoms with Crippen LogP contribution in [0.3, 0.4) is 0 Å². The molecule has 0 saturated heterocycles. The zero-order chi connectivity index (χ0) is 12.3. The first kappa shape index (κ1) is 11.9. The van der Waals surface area contributed by atoms with Crippen LogP contribution in [0.2, 0.25) is 5.02 Å². The monoisotopic (exact) mass is 267 g/mol. The Morgan fingerprint density at radius 2 is 2.35 bits per heavy atom. The highest BCUT2D eigenvalue weighted by molar-refractivity contribution is 7.09. The van der Waals surface area contributed by atoms with Crippen LogP contribution in [0.25, 0.3) is 0 Å². The van der Waals surface area contributed by atoms with Crippen LogP contribution < -0.4 is 11.1 Å². The van der Waals surface area contributed by atoms with Crippen LogP contribution >= 0.6 is 22.9 Å². The van der Waals surface area contributed by atoms with E-state index in [2.05, 4.69) is 10.3 Å². The number of benzene rings is 1. The lowest BCUT2D eigenvalue weighted by molar-refractivity contribution is 0.0951. The average Bonchev–Trinajstić information content (AvgIpc) is 2.82. The largest absolute Gasteiger partial charge is 0.398 e. The normalized spacial score (nSPS) is 10.2. The van der Waals surface area contributed by atoms with Crippen molar-refractivity contribution in [1.29, 1.82) is 0 Å². The van der Waals surface area contributed by atoms with Gasteiger partial charge >= 0.3 is 0 Å². The number of nitrogens with zero attached hydrogens (tertiary/aromatic N) is 1. The zero-order valence-corrected chi connectivity index (χ0v) is 10.4. The van der Waals surface area contributed by atoms with Crippen LogP contribution in [-0.4, -0.2) is 10.9 Å². The van der Waals surface area contributed by atoms with Gasteiger partial charge in [-0.1, -0.05) is 11.6 Å². The van der Waals surface area contributed by atoms with Gasteiger partial charge in [0.15, 0.2) is 0 Å². The maximum atomic E-state index is 11.8. The van der Waals surface area contributed by atoms with Gasteiger partial charge in [0.05, 0.1) is 22.8 Å². The Morgan fingerprint density at radius 1 is 1.53 bits per heavy atom. The van der Waals surface area contributed by atoms with Gasteiger partial charge in [-0.25, -0.2) is 0 Å². The van der Waals surface area contributed by atoms with E-state index >= 15 is 0 Å². The predicted molar refractivity (Wildman–Crippen MR) is 69.1 cm³/mol. The number of nitrogens with one attached hydrogen (secondary N) is 1. The molecule has 0 spiro atoms. The van der Waals surface area contributed by atoms with E-state index in [0.717, 1.165) is 4.88 Å². The van der Waals surface area contributed by atoms with E-state index in [0.29, 0.717) is 22.8 Å². The number of rotatable bonds is 3. The van der Waals surface area contributed by atoms with Crippen molar-refractivity contribution in [2.45, 2.75) is 6.54 Å². The minimum atomic E-state index is -0.180. The first-order valence-electron chi connectivity index (χ1n) is 4.87. The second kappa shape index (κ2) is 5.16. The number of aromatic nitrogens is 1. The second-order valence-electron chi connectivity index (χ2n) is 3.39. The third kappa shape index (κ3) is 2.95. The lowest BCUT2D eigenvalue weighted by atomic mass is 10.2. The van der Waals surface area contributed by atoms with Crippen molar-refractivity contribution < 1.29 is 4.79 Å². The molecule has 0 unspecified atom stereocenters. The molecule has 0 aliphatic heterocycles. The Kier molecular flexibility index (Phi) is 3.61. The van der Waals surface area contributed by atoms with E-state index in [1.807, 2.05) is 0 Å². The van der Waals surface area contributed by atoms with Gasteiger partial charge in [-0.2, -0.15) is 0 Å². The summed E-state index contributed by atoms with van der Waals surface area (Å²) in [6.45, 7) is 0.464. The molecule has 0 atom stereocenters. The standard InChI is InChI=1S/C11H10ClN3OS/c12-9-3-7(1-2-10(9)13)11(16)15-5-8-4-14-6-17-8/h1-4,6H,5,13H2,(H,15,16). The minimum absolute atomic E-state index is 0.180. The third-order valence-corrected chi connectivity index (χ3v) is 3.28. The van der Waals surface area contributed by atoms with Crippen LogP contribution in [0.4, 0.5) is 5.69 Å². The fourth-order valence-electron chi connectivity index (χ4n) is 1.27. The fraction of sp³-hybridized carbons (Fsp3) is 0.0909. The molecule has 0 radical (unpaired) electrons. The topological polar surface area (TPSA) is 68.0 Å². The van der Waals surface area contributed by atoms with Gasteiger partial charge in [0.1, 0.15) is 0 Å². The molecule has 17 heavy (non-hydrogen) atoms. The van der Waals surface area contributed by atoms with Crippen molar-refractivity contribution in [2.75, 3.05) is 5.73 Å². The van der Waals surface area contributed by atoms with Crippen molar-refractivity contribution >= 4 is 34.5 Å². The Labute approximate surface area is 107 Å². The van der Waals surface area contributed by atoms with Gasteiger partial charge < -0.3 is 11.1 Å². The highest BCUT2D eigenvalue weighted by atomic mass is 35.5. The minimum Gasteiger partial charge on any atom is -0.398 e. The number of nitrogen functional groups attached to an aromatic ring is 1. The van der Waals surface area contributed by atoms with Gasteiger partial charge in [-0.15, -0.1) is 11.3 Å². The predicted octanol–water partition coefficient (Wildman–Crippen LogP) is 2.31. The van der Waals surface area contributed by atoms with Crippen LogP contribution in [0.1, 0.15) is 15.2 Å². The molecule has 3 N–H and O–H groups in total. The van der Waals surface area contributed by atoms with E-state index in [4.69, 9.17) is 17.3 Å². The number of carbonyl (C=O) groups excluding carboxylic acids is 1. The molecule has 0 aliphatic rings. The summed E-state index contributed by atoms with van der Waals surface area (Å²) in [5, 5.41) is 3.16. The van der Waals surface area contributed by atoms with E-state index < -0.39 is 0 Å². The first-order chi connectivity index (χ1) is 8.16. The Bertz CT molecular complexity index is 528. The summed E-state index contributed by atoms with van der Waals surface area (Å²) in [4.78, 5) is 16.7. The fourth-order valence-corrected chi connectivity index (χ4v) is 1.98. The van der Waals surface area contributed by atoms with Crippen LogP contribution in [0.5, 0.6) is 0 Å². The number of amides is 1. The molecule has 2 rings (SSSR count). The molecule has 0 fully saturated rings. The highest BCUT2D eigenvalue weighted by Gasteiger charge is 2.07. The third-order valence-electron chi connectivity index (χ3n) is 2.17. The van der Waals surface area contributed by atoms with Gasteiger partial charge in [-0.05, 0) is 18.2 Å². The summed E-state index contributed by atoms with van der Waals surface area (Å²) in [6.07, 6.45) is 1.72. The van der Waals surface area contributed by atoms with Crippen LogP contribution in [0, 0.1) is 0 Å². The van der Waals surface area contributed by atoms with Gasteiger partial charge in [0, 0.05) is 16.6 Å². The second-order valence-corrected chi connectivity index (χ2v) is 4.76. The maximum Gasteiger partial charge on any atom is 0.251 e. The number of hydrogen-bond donors (Lipinski definition) is 2. The molecule has 2 aromatic rings. The molecule has 1 aromatic heterocycles. The molecule has 4 nitrogen and oxygen atoms in total. The van der Waals surface area contributed by atoms with E-state index in [1.54, 1.807) is 29.9 Å². The molecule has 0 aliphatic carbocycles. The van der Waals surface area contributed by atoms with Gasteiger partial charge in [0.2, 0.25) is 0 Å². The average molecular weight is 268 g/mol. The number of anilines is 1. The molecule has 1 heterocycles. The number of halogens is 1. The van der Waals surface area contributed by atoms with E-state index in [9.17, 15) is 4.79 Å². The zero-order valence-electron chi connectivity index (χ0n) is 8.81. The van der Waals surface area contributed by atoms with E-state index in [-0.39, 0.29) is 5.91 Å². The summed E-state index contributed by atoms with van der Waals surface area (Å²) in [5.74, 6) is -0.180. The molecule has 6 heteroatoms. The molecule has 88 valence electrons. The summed E-state index contributed by atoms with van der Waals surface area (Å²) in [5.41, 5.74) is 8.25. The summed E-state index contributed by atoms with van der Waals surface area (Å²) in [6, 6.07) is 4.81. The van der Waals surface area contributed by atoms with Crippen molar-refractivity contribution in [3.63, 3.8) is 0 Å². The van der Waals surface area contributed by atoms with Gasteiger partial charge in [-0.3, -0.25) is 9.78 Å². The summed E-state index contributed by atoms with van der Waals surface area (Å²) >= 11 is 7.34. The lowest BCUT2D eigenvalue weighted by Gasteiger charge is -2.05. The molecular weight excluding hydrogens is 258 g/mol. The van der Waals surface area contributed by atoms with E-state index in [1.165, 1.54) is 11.3 Å². The van der Waals surface area contributed by atoms with Crippen molar-refractivity contribution in [3.05, 3.63) is 45.4 Å². The Morgan fingerprint density at radius 3 is 3.00 bits per heavy atom. The smallest absolute Gasteiger partial charge is 0.251 e. The number of thiazole rings is 1. The van der Waals surface area contributed by atoms with Gasteiger partial charge in [0.25, 0.3) is 5.91 Å². The highest BCUT2D eigenvalue weighted by Crippen LogP contribution is 2.19. The van der Waals surface area contributed by atoms with Crippen molar-refractivity contribution in [3.8, 4) is 0 Å². The Hall–Kier alpha value is -1.59. The number of carbonyl (C=O) groups is 1. The number of hydrogen-bond acceptors (Lipinski definition) is 4. The molecule has 0 saturated carbocycles.